The molecular formula is C56H39NO. The minimum Gasteiger partial charge on any atom is -0.484 e. The van der Waals surface area contributed by atoms with E-state index in [4.69, 9.17) is 4.74 Å². The maximum Gasteiger partial charge on any atom is 0.132 e. The Bertz CT molecular complexity index is 3040. The molecule has 2 atom stereocenters. The van der Waals surface area contributed by atoms with E-state index < -0.39 is 0 Å². The fourth-order valence-electron chi connectivity index (χ4n) is 8.92. The topological polar surface area (TPSA) is 12.5 Å². The Morgan fingerprint density at radius 3 is 1.88 bits per heavy atom. The van der Waals surface area contributed by atoms with Gasteiger partial charge in [-0.25, -0.2) is 0 Å². The largest absolute Gasteiger partial charge is 0.484 e. The molecule has 1 aliphatic carbocycles. The number of rotatable bonds is 7. The predicted molar refractivity (Wildman–Crippen MR) is 243 cm³/mol. The normalized spacial score (nSPS) is 15.2. The highest BCUT2D eigenvalue weighted by atomic mass is 16.5. The Balaban J connectivity index is 1.01. The van der Waals surface area contributed by atoms with Gasteiger partial charge >= 0.3 is 0 Å². The van der Waals surface area contributed by atoms with Crippen molar-refractivity contribution in [3.05, 3.63) is 230 Å². The van der Waals surface area contributed by atoms with Crippen LogP contribution in [0, 0.1) is 0 Å². The van der Waals surface area contributed by atoms with Crippen molar-refractivity contribution in [2.24, 2.45) is 0 Å². The van der Waals surface area contributed by atoms with E-state index in [2.05, 4.69) is 229 Å². The molecule has 0 aromatic heterocycles. The number of nitrogens with zero attached hydrogens (tertiary/aromatic N) is 1. The van der Waals surface area contributed by atoms with Gasteiger partial charge in [0.05, 0.1) is 5.69 Å². The fraction of sp³-hybridized carbons (Fsp3) is 0.0357. The van der Waals surface area contributed by atoms with Gasteiger partial charge in [0.1, 0.15) is 11.9 Å². The summed E-state index contributed by atoms with van der Waals surface area (Å²) in [6.07, 6.45) is 8.66. The van der Waals surface area contributed by atoms with E-state index in [-0.39, 0.29) is 12.0 Å². The van der Waals surface area contributed by atoms with E-state index in [1.165, 1.54) is 60.5 Å². The number of hydrogen-bond acceptors (Lipinski definition) is 2. The van der Waals surface area contributed by atoms with E-state index in [1.807, 2.05) is 0 Å². The number of para-hydroxylation sites is 2. The van der Waals surface area contributed by atoms with Crippen LogP contribution in [0.25, 0.3) is 66.1 Å². The maximum absolute atomic E-state index is 6.72. The van der Waals surface area contributed by atoms with Crippen molar-refractivity contribution in [3.8, 4) is 50.3 Å². The minimum absolute atomic E-state index is 0.0108. The monoisotopic (exact) mass is 741 g/mol. The first-order chi connectivity index (χ1) is 28.7. The van der Waals surface area contributed by atoms with Gasteiger partial charge in [-0.2, -0.15) is 0 Å². The molecule has 2 nitrogen and oxygen atoms in total. The third-order valence-electron chi connectivity index (χ3n) is 11.8. The number of benzene rings is 9. The molecule has 1 heterocycles. The molecule has 2 heteroatoms. The van der Waals surface area contributed by atoms with Crippen molar-refractivity contribution >= 4 is 38.6 Å². The predicted octanol–water partition coefficient (Wildman–Crippen LogP) is 15.1. The molecular weight excluding hydrogens is 703 g/mol. The molecule has 2 aliphatic rings. The van der Waals surface area contributed by atoms with Crippen LogP contribution in [0.3, 0.4) is 0 Å². The van der Waals surface area contributed by atoms with Gasteiger partial charge in [0.15, 0.2) is 0 Å². The molecule has 0 saturated carbocycles. The molecule has 0 bridgehead atoms. The summed E-state index contributed by atoms with van der Waals surface area (Å²) in [5.41, 5.74) is 13.9. The zero-order valence-corrected chi connectivity index (χ0v) is 31.9. The van der Waals surface area contributed by atoms with Gasteiger partial charge in [-0.05, 0) is 97.4 Å². The summed E-state index contributed by atoms with van der Waals surface area (Å²) >= 11 is 0. The number of ether oxygens (including phenoxy) is 1. The first-order valence-electron chi connectivity index (χ1n) is 20.1. The second-order valence-electron chi connectivity index (χ2n) is 15.2. The van der Waals surface area contributed by atoms with Gasteiger partial charge in [0.2, 0.25) is 0 Å². The number of anilines is 3. The smallest absolute Gasteiger partial charge is 0.132 e. The first-order valence-corrected chi connectivity index (χ1v) is 20.1. The summed E-state index contributed by atoms with van der Waals surface area (Å²) in [7, 11) is 0. The molecule has 2 unspecified atom stereocenters. The van der Waals surface area contributed by atoms with Gasteiger partial charge in [-0.1, -0.05) is 182 Å². The standard InChI is InChI=1S/C56H39NO/c1-2-14-43-36-45(31-28-38(43)12-1)44-16-9-17-47(37-44)57(54-24-7-5-19-50(54)52-22-11-23-53-51-20-6-8-25-55(51)58-56(52)53)46-34-32-40(33-35-46)39-26-29-42(30-27-39)49-21-10-15-41-13-3-4-18-48(41)49/h1-37,51,55H. The Morgan fingerprint density at radius 1 is 0.379 bits per heavy atom. The summed E-state index contributed by atoms with van der Waals surface area (Å²) in [5.74, 6) is 1.18. The van der Waals surface area contributed by atoms with Gasteiger partial charge in [-0.3, -0.25) is 0 Å². The Morgan fingerprint density at radius 2 is 1.00 bits per heavy atom. The lowest BCUT2D eigenvalue weighted by molar-refractivity contribution is 0.270. The molecule has 0 spiro atoms. The Labute approximate surface area is 339 Å². The van der Waals surface area contributed by atoms with Crippen LogP contribution < -0.4 is 9.64 Å². The molecule has 0 N–H and O–H groups in total. The third-order valence-corrected chi connectivity index (χ3v) is 11.8. The highest BCUT2D eigenvalue weighted by molar-refractivity contribution is 5.97. The summed E-state index contributed by atoms with van der Waals surface area (Å²) < 4.78 is 6.72. The van der Waals surface area contributed by atoms with Crippen LogP contribution >= 0.6 is 0 Å². The average molecular weight is 742 g/mol. The summed E-state index contributed by atoms with van der Waals surface area (Å²) in [6.45, 7) is 0. The molecule has 274 valence electrons. The van der Waals surface area contributed by atoms with Crippen LogP contribution in [0.4, 0.5) is 17.1 Å². The summed E-state index contributed by atoms with van der Waals surface area (Å²) in [4.78, 5) is 2.40. The summed E-state index contributed by atoms with van der Waals surface area (Å²) in [5, 5.41) is 5.00. The van der Waals surface area contributed by atoms with Crippen molar-refractivity contribution in [2.75, 3.05) is 4.90 Å². The van der Waals surface area contributed by atoms with E-state index in [1.54, 1.807) is 0 Å². The van der Waals surface area contributed by atoms with Crippen LogP contribution in [0.1, 0.15) is 11.5 Å². The SMILES string of the molecule is C1=CC2Oc3c(-c4ccccc4N(c4ccc(-c5ccc(-c6cccc7ccccc67)cc5)cc4)c4cccc(-c5ccc6ccccc6c5)c4)cccc3C2C=C1. The molecule has 11 rings (SSSR count). The number of fused-ring (bicyclic) bond motifs is 5. The van der Waals surface area contributed by atoms with Gasteiger partial charge in [0.25, 0.3) is 0 Å². The molecule has 9 aromatic carbocycles. The zero-order chi connectivity index (χ0) is 38.4. The van der Waals surface area contributed by atoms with E-state index in [0.29, 0.717) is 0 Å². The van der Waals surface area contributed by atoms with E-state index in [0.717, 1.165) is 33.9 Å². The molecule has 0 saturated heterocycles. The van der Waals surface area contributed by atoms with Gasteiger partial charge in [-0.15, -0.1) is 0 Å². The fourth-order valence-corrected chi connectivity index (χ4v) is 8.92. The summed E-state index contributed by atoms with van der Waals surface area (Å²) in [6, 6.07) is 72.7. The van der Waals surface area contributed by atoms with Crippen molar-refractivity contribution in [1.29, 1.82) is 0 Å². The van der Waals surface area contributed by atoms with Gasteiger partial charge < -0.3 is 9.64 Å². The van der Waals surface area contributed by atoms with Crippen LogP contribution in [-0.4, -0.2) is 6.10 Å². The molecule has 0 fully saturated rings. The second kappa shape index (κ2) is 14.3. The first kappa shape index (κ1) is 33.9. The molecule has 58 heavy (non-hydrogen) atoms. The van der Waals surface area contributed by atoms with Gasteiger partial charge in [0, 0.05) is 34.0 Å². The molecule has 9 aromatic rings. The van der Waals surface area contributed by atoms with Crippen LogP contribution in [-0.2, 0) is 0 Å². The highest BCUT2D eigenvalue weighted by Crippen LogP contribution is 2.50. The van der Waals surface area contributed by atoms with Crippen LogP contribution in [0.2, 0.25) is 0 Å². The highest BCUT2D eigenvalue weighted by Gasteiger charge is 2.34. The van der Waals surface area contributed by atoms with E-state index >= 15 is 0 Å². The Kier molecular flexibility index (Phi) is 8.33. The number of allylic oxidation sites excluding steroid dienone is 2. The van der Waals surface area contributed by atoms with E-state index in [9.17, 15) is 0 Å². The minimum atomic E-state index is 0.0108. The van der Waals surface area contributed by atoms with Crippen LogP contribution in [0.5, 0.6) is 5.75 Å². The third kappa shape index (κ3) is 5.98. The van der Waals surface area contributed by atoms with Crippen LogP contribution in [0.15, 0.2) is 224 Å². The lowest BCUT2D eigenvalue weighted by Gasteiger charge is -2.29. The van der Waals surface area contributed by atoms with Crippen molar-refractivity contribution in [1.82, 2.24) is 0 Å². The quantitative estimate of drug-likeness (QED) is 0.161. The lowest BCUT2D eigenvalue weighted by atomic mass is 9.90. The Hall–Kier alpha value is -7.42. The molecule has 0 amide bonds. The lowest BCUT2D eigenvalue weighted by Crippen LogP contribution is -2.15. The maximum atomic E-state index is 6.72. The van der Waals surface area contributed by atoms with Crippen molar-refractivity contribution < 1.29 is 4.74 Å². The zero-order valence-electron chi connectivity index (χ0n) is 31.9. The average Bonchev–Trinajstić information content (AvgIpc) is 3.69. The molecule has 0 radical (unpaired) electrons. The number of hydrogen-bond donors (Lipinski definition) is 0. The van der Waals surface area contributed by atoms with Crippen molar-refractivity contribution in [2.45, 2.75) is 12.0 Å². The molecule has 1 aliphatic heterocycles. The van der Waals surface area contributed by atoms with Crippen molar-refractivity contribution in [3.63, 3.8) is 0 Å². The second-order valence-corrected chi connectivity index (χ2v) is 15.2.